The van der Waals surface area contributed by atoms with Crippen LogP contribution in [0, 0.1) is 0 Å². The van der Waals surface area contributed by atoms with Gasteiger partial charge in [-0.25, -0.2) is 10.1 Å². The topological polar surface area (TPSA) is 74.5 Å². The molecule has 1 N–H and O–H groups in total. The zero-order valence-corrected chi connectivity index (χ0v) is 37.2. The van der Waals surface area contributed by atoms with E-state index in [4.69, 9.17) is 9.99 Å². The Labute approximate surface area is 357 Å². The maximum Gasteiger partial charge on any atom is 0.415 e. The molecule has 0 aromatic heterocycles. The summed E-state index contributed by atoms with van der Waals surface area (Å²) in [5.41, 5.74) is 10.8. The van der Waals surface area contributed by atoms with Crippen molar-refractivity contribution in [1.29, 1.82) is 0 Å². The molecular weight excluding hydrogens is 755 g/mol. The molecule has 314 valence electrons. The Morgan fingerprint density at radius 1 is 0.864 bits per heavy atom. The predicted molar refractivity (Wildman–Crippen MR) is 242 cm³/mol. The van der Waals surface area contributed by atoms with Gasteiger partial charge in [-0.15, -0.1) is 4.33 Å². The van der Waals surface area contributed by atoms with Crippen molar-refractivity contribution in [3.8, 4) is 0 Å². The standard InChI is InChI=1S/C50H63N3O5S/c1-9-10-18-33-51-42-25-16-14-23-40(42)49(5,6)44(51)31-29-38-27-28-39(46(38)53(47(54)56-48(2,3)4)36-37-21-12-11-13-22-37)30-32-45-50(7,8)41-24-15-17-26-43(41)52(45)34-19-20-35-59-58-57-55/h11-17,21-26,29-32H,9-10,18-20,27-28,33-36H2,1-8H3/p+1. The second-order valence-corrected chi connectivity index (χ2v) is 18.6. The number of fused-ring (bicyclic) bond motifs is 2. The summed E-state index contributed by atoms with van der Waals surface area (Å²) in [7, 11) is 0. The molecular formula is C50H64N3O5S+. The molecule has 6 rings (SSSR count). The second kappa shape index (κ2) is 19.3. The van der Waals surface area contributed by atoms with Gasteiger partial charge < -0.3 is 9.64 Å². The number of benzene rings is 3. The van der Waals surface area contributed by atoms with Crippen LogP contribution in [-0.2, 0) is 31.5 Å². The van der Waals surface area contributed by atoms with E-state index in [1.165, 1.54) is 46.8 Å². The first-order valence-corrected chi connectivity index (χ1v) is 22.3. The largest absolute Gasteiger partial charge is 0.443 e. The molecule has 0 saturated heterocycles. The molecule has 3 aromatic carbocycles. The van der Waals surface area contributed by atoms with Crippen LogP contribution < -0.4 is 4.90 Å². The van der Waals surface area contributed by atoms with E-state index in [1.54, 1.807) is 0 Å². The average Bonchev–Trinajstić information content (AvgIpc) is 3.77. The number of carbonyl (C=O) groups excluding carboxylic acids is 1. The van der Waals surface area contributed by atoms with Crippen molar-refractivity contribution >= 4 is 35.2 Å². The Balaban J connectivity index is 1.47. The molecule has 0 bridgehead atoms. The smallest absolute Gasteiger partial charge is 0.415 e. The number of allylic oxidation sites excluding steroid dienone is 7. The van der Waals surface area contributed by atoms with Gasteiger partial charge in [-0.1, -0.05) is 111 Å². The number of anilines is 1. The van der Waals surface area contributed by atoms with Crippen LogP contribution in [0.2, 0.25) is 0 Å². The van der Waals surface area contributed by atoms with Gasteiger partial charge in [0.1, 0.15) is 12.1 Å². The van der Waals surface area contributed by atoms with Crippen molar-refractivity contribution in [3.05, 3.63) is 142 Å². The van der Waals surface area contributed by atoms with E-state index in [0.717, 1.165) is 79.6 Å². The molecule has 2 aliphatic heterocycles. The average molecular weight is 819 g/mol. The lowest BCUT2D eigenvalue weighted by Gasteiger charge is -2.30. The quantitative estimate of drug-likeness (QED) is 0.0478. The summed E-state index contributed by atoms with van der Waals surface area (Å²) in [6, 6.07) is 27.7. The van der Waals surface area contributed by atoms with E-state index in [-0.39, 0.29) is 16.9 Å². The minimum absolute atomic E-state index is 0.179. The van der Waals surface area contributed by atoms with Gasteiger partial charge >= 0.3 is 6.09 Å². The van der Waals surface area contributed by atoms with Crippen LogP contribution in [0.3, 0.4) is 0 Å². The molecule has 1 amide bonds. The fraction of sp³-hybridized carbons (Fsp3) is 0.440. The highest BCUT2D eigenvalue weighted by Gasteiger charge is 2.44. The molecule has 8 nitrogen and oxygen atoms in total. The Bertz CT molecular complexity index is 2110. The maximum absolute atomic E-state index is 14.5. The van der Waals surface area contributed by atoms with Gasteiger partial charge in [-0.3, -0.25) is 4.90 Å². The van der Waals surface area contributed by atoms with Gasteiger partial charge in [0.05, 0.1) is 17.7 Å². The first kappa shape index (κ1) is 44.2. The highest BCUT2D eigenvalue weighted by Crippen LogP contribution is 2.48. The second-order valence-electron chi connectivity index (χ2n) is 17.9. The van der Waals surface area contributed by atoms with Crippen LogP contribution in [0.4, 0.5) is 16.2 Å². The number of para-hydroxylation sites is 2. The summed E-state index contributed by atoms with van der Waals surface area (Å²) < 4.78 is 13.3. The fourth-order valence-corrected chi connectivity index (χ4v) is 9.26. The van der Waals surface area contributed by atoms with Crippen LogP contribution >= 0.6 is 12.0 Å². The minimum Gasteiger partial charge on any atom is -0.443 e. The number of amides is 1. The molecule has 3 aliphatic rings. The summed E-state index contributed by atoms with van der Waals surface area (Å²) in [5, 5.41) is 12.3. The fourth-order valence-electron chi connectivity index (χ4n) is 8.83. The third-order valence-corrected chi connectivity index (χ3v) is 12.4. The van der Waals surface area contributed by atoms with Crippen molar-refractivity contribution in [2.24, 2.45) is 0 Å². The molecule has 0 saturated carbocycles. The van der Waals surface area contributed by atoms with E-state index in [1.807, 2.05) is 43.9 Å². The van der Waals surface area contributed by atoms with Crippen LogP contribution in [0.1, 0.15) is 117 Å². The predicted octanol–water partition coefficient (Wildman–Crippen LogP) is 12.8. The van der Waals surface area contributed by atoms with Crippen molar-refractivity contribution in [1.82, 2.24) is 4.90 Å². The first-order valence-electron chi connectivity index (χ1n) is 21.4. The van der Waals surface area contributed by atoms with Crippen molar-refractivity contribution < 1.29 is 28.7 Å². The molecule has 0 radical (unpaired) electrons. The monoisotopic (exact) mass is 818 g/mol. The summed E-state index contributed by atoms with van der Waals surface area (Å²) >= 11 is 1.10. The number of rotatable bonds is 17. The molecule has 1 aliphatic carbocycles. The number of hydrogen-bond acceptors (Lipinski definition) is 7. The third kappa shape index (κ3) is 10.1. The highest BCUT2D eigenvalue weighted by molar-refractivity contribution is 7.94. The first-order chi connectivity index (χ1) is 28.3. The van der Waals surface area contributed by atoms with Gasteiger partial charge in [0, 0.05) is 65.3 Å². The zero-order valence-electron chi connectivity index (χ0n) is 36.4. The van der Waals surface area contributed by atoms with Gasteiger partial charge in [0.15, 0.2) is 5.71 Å². The van der Waals surface area contributed by atoms with Gasteiger partial charge in [-0.2, -0.15) is 4.58 Å². The summed E-state index contributed by atoms with van der Waals surface area (Å²) in [6.07, 6.45) is 15.7. The van der Waals surface area contributed by atoms with E-state index in [9.17, 15) is 4.79 Å². The Morgan fingerprint density at radius 3 is 2.31 bits per heavy atom. The molecule has 0 fully saturated rings. The van der Waals surface area contributed by atoms with Crippen LogP contribution in [-0.4, -0.2) is 51.0 Å². The van der Waals surface area contributed by atoms with Crippen LogP contribution in [0.5, 0.6) is 0 Å². The number of unbranched alkanes of at least 4 members (excludes halogenated alkanes) is 3. The normalized spacial score (nSPS) is 18.4. The Morgan fingerprint density at radius 2 is 1.58 bits per heavy atom. The molecule has 9 heteroatoms. The summed E-state index contributed by atoms with van der Waals surface area (Å²) in [4.78, 5) is 18.8. The number of hydrogen-bond donors (Lipinski definition) is 1. The molecule has 0 unspecified atom stereocenters. The van der Waals surface area contributed by atoms with E-state index in [0.29, 0.717) is 12.3 Å². The van der Waals surface area contributed by atoms with Gasteiger partial charge in [-0.05, 0) is 101 Å². The Kier molecular flexibility index (Phi) is 14.5. The minimum atomic E-state index is -0.669. The maximum atomic E-state index is 14.5. The lowest BCUT2D eigenvalue weighted by molar-refractivity contribution is -0.438. The Hall–Kier alpha value is -4.41. The summed E-state index contributed by atoms with van der Waals surface area (Å²) in [5.74, 6) is 0.702. The molecule has 2 heterocycles. The summed E-state index contributed by atoms with van der Waals surface area (Å²) in [6.45, 7) is 19.5. The van der Waals surface area contributed by atoms with Gasteiger partial charge in [0.2, 0.25) is 5.69 Å². The molecule has 0 spiro atoms. The highest BCUT2D eigenvalue weighted by atomic mass is 32.2. The van der Waals surface area contributed by atoms with Gasteiger partial charge in [0.25, 0.3) is 0 Å². The van der Waals surface area contributed by atoms with Crippen LogP contribution in [0.25, 0.3) is 0 Å². The van der Waals surface area contributed by atoms with Crippen LogP contribution in [0.15, 0.2) is 126 Å². The molecule has 3 aromatic rings. The number of nitrogens with zero attached hydrogens (tertiary/aromatic N) is 3. The van der Waals surface area contributed by atoms with E-state index in [2.05, 4.69) is 138 Å². The third-order valence-electron chi connectivity index (χ3n) is 11.7. The SMILES string of the molecule is CCCCC[N+]1=C(C=CC2=C(N(Cc3ccccc3)C(=O)OC(C)(C)C)C(=CC=C3N(CCCCSOOO)c4ccccc4C3(C)C)CC2)C(C)(C)c2ccccc21. The zero-order chi connectivity index (χ0) is 42.2. The lowest BCUT2D eigenvalue weighted by Crippen LogP contribution is -2.36. The van der Waals surface area contributed by atoms with Crippen molar-refractivity contribution in [2.75, 3.05) is 23.7 Å². The lowest BCUT2D eigenvalue weighted by atomic mass is 9.81. The van der Waals surface area contributed by atoms with E-state index >= 15 is 0 Å². The number of carbonyl (C=O) groups is 1. The van der Waals surface area contributed by atoms with Crippen molar-refractivity contribution in [3.63, 3.8) is 0 Å². The number of ether oxygens (including phenoxy) is 1. The van der Waals surface area contributed by atoms with E-state index < -0.39 is 5.60 Å². The van der Waals surface area contributed by atoms with Crippen molar-refractivity contribution in [2.45, 2.75) is 123 Å². The molecule has 59 heavy (non-hydrogen) atoms. The molecule has 0 atom stereocenters.